The van der Waals surface area contributed by atoms with Crippen molar-refractivity contribution < 1.29 is 14.7 Å². The molecule has 0 aliphatic rings. The van der Waals surface area contributed by atoms with Gasteiger partial charge < -0.3 is 14.7 Å². The predicted octanol–water partition coefficient (Wildman–Crippen LogP) is 6.93. The number of fused-ring (bicyclic) bond motifs is 4. The Morgan fingerprint density at radius 2 is 1.23 bits per heavy atom. The van der Waals surface area contributed by atoms with E-state index in [1.54, 1.807) is 6.07 Å². The van der Waals surface area contributed by atoms with Crippen LogP contribution < -0.4 is 9.96 Å². The van der Waals surface area contributed by atoms with Crippen LogP contribution in [0, 0.1) is 0 Å². The van der Waals surface area contributed by atoms with Crippen molar-refractivity contribution >= 4 is 54.2 Å². The third-order valence-corrected chi connectivity index (χ3v) is 6.59. The predicted molar refractivity (Wildman–Crippen MR) is 154 cm³/mol. The first kappa shape index (κ1) is 25.2. The molecule has 5 rings (SSSR count). The molecule has 2 N–H and O–H groups in total. The van der Waals surface area contributed by atoms with Gasteiger partial charge in [0.1, 0.15) is 5.75 Å². The summed E-state index contributed by atoms with van der Waals surface area (Å²) >= 11 is 0. The molecule has 0 saturated heterocycles. The molecule has 1 atom stereocenters. The van der Waals surface area contributed by atoms with Crippen molar-refractivity contribution in [3.8, 4) is 5.75 Å². The summed E-state index contributed by atoms with van der Waals surface area (Å²) < 4.78 is 5.16. The highest BCUT2D eigenvalue weighted by molar-refractivity contribution is 7.27. The monoisotopic (exact) mass is 482 g/mol. The number of rotatable bonds is 4. The first-order chi connectivity index (χ1) is 16.7. The maximum absolute atomic E-state index is 9.14. The molecule has 0 spiro atoms. The lowest BCUT2D eigenvalue weighted by molar-refractivity contribution is 0.289. The zero-order valence-corrected chi connectivity index (χ0v) is 21.8. The Labute approximate surface area is 210 Å². The van der Waals surface area contributed by atoms with Gasteiger partial charge in [0.05, 0.1) is 0 Å². The van der Waals surface area contributed by atoms with Crippen LogP contribution in [0.4, 0.5) is 0 Å². The quantitative estimate of drug-likeness (QED) is 0.126. The third-order valence-electron chi connectivity index (χ3n) is 6.25. The molecule has 5 aromatic rings. The lowest BCUT2D eigenvalue weighted by atomic mass is 9.96. The van der Waals surface area contributed by atoms with Gasteiger partial charge >= 0.3 is 7.32 Å². The maximum Gasteiger partial charge on any atom is 0.707 e. The van der Waals surface area contributed by atoms with Crippen LogP contribution in [0.5, 0.6) is 5.75 Å². The highest BCUT2D eigenvalue weighted by atomic mass is 31.0. The van der Waals surface area contributed by atoms with Crippen LogP contribution in [0.15, 0.2) is 84.9 Å². The molecule has 178 valence electrons. The van der Waals surface area contributed by atoms with Crippen LogP contribution in [-0.4, -0.2) is 17.4 Å². The van der Waals surface area contributed by atoms with Gasteiger partial charge in [0.25, 0.3) is 0 Å². The minimum Gasteiger partial charge on any atom is -0.511 e. The molecular weight excluding hydrogens is 450 g/mol. The topological polar surface area (TPSA) is 49.7 Å². The Morgan fingerprint density at radius 3 is 1.83 bits per heavy atom. The van der Waals surface area contributed by atoms with Crippen LogP contribution in [0.1, 0.15) is 50.7 Å². The normalized spacial score (nSPS) is 11.2. The van der Waals surface area contributed by atoms with Crippen molar-refractivity contribution in [1.29, 1.82) is 0 Å². The van der Waals surface area contributed by atoms with E-state index in [-0.39, 0.29) is 0 Å². The fourth-order valence-corrected chi connectivity index (χ4v) is 4.73. The second-order valence-electron chi connectivity index (χ2n) is 9.53. The van der Waals surface area contributed by atoms with Crippen molar-refractivity contribution in [1.82, 2.24) is 0 Å². The number of benzene rings is 5. The average Bonchev–Trinajstić information content (AvgIpc) is 2.82. The van der Waals surface area contributed by atoms with E-state index < -0.39 is 7.32 Å². The number of hydrogen-bond donors (Lipinski definition) is 2. The fourth-order valence-electron chi connectivity index (χ4n) is 4.35. The van der Waals surface area contributed by atoms with E-state index in [1.807, 2.05) is 30.3 Å². The molecule has 0 fully saturated rings. The first-order valence-electron chi connectivity index (χ1n) is 12.0. The molecule has 3 nitrogen and oxygen atoms in total. The largest absolute Gasteiger partial charge is 0.707 e. The van der Waals surface area contributed by atoms with Gasteiger partial charge in [0.15, 0.2) is 0 Å². The molecule has 0 amide bonds. The van der Waals surface area contributed by atoms with Crippen LogP contribution in [-0.2, 0) is 0 Å². The second-order valence-corrected chi connectivity index (χ2v) is 10.2. The van der Waals surface area contributed by atoms with E-state index in [4.69, 9.17) is 14.7 Å². The molecular formula is C30H32BO3P. The fraction of sp³-hybridized carbons (Fsp3) is 0.200. The van der Waals surface area contributed by atoms with Crippen molar-refractivity contribution in [3.05, 3.63) is 96.1 Å². The van der Waals surface area contributed by atoms with E-state index in [0.717, 1.165) is 26.9 Å². The molecule has 0 aromatic heterocycles. The molecule has 0 radical (unpaired) electrons. The summed E-state index contributed by atoms with van der Waals surface area (Å²) in [6.45, 7) is 8.96. The zero-order chi connectivity index (χ0) is 25.1. The molecule has 0 aliphatic heterocycles. The van der Waals surface area contributed by atoms with E-state index >= 15 is 0 Å². The Bertz CT molecular complexity index is 1450. The molecule has 1 unspecified atom stereocenters. The Balaban J connectivity index is 0.000000191. The first-order valence-corrected chi connectivity index (χ1v) is 12.6. The maximum atomic E-state index is 9.14. The van der Waals surface area contributed by atoms with Gasteiger partial charge in [0, 0.05) is 5.39 Å². The molecule has 5 heteroatoms. The number of hydrogen-bond acceptors (Lipinski definition) is 3. The van der Waals surface area contributed by atoms with Crippen molar-refractivity contribution in [3.63, 3.8) is 0 Å². The lowest BCUT2D eigenvalue weighted by Gasteiger charge is -2.12. The summed E-state index contributed by atoms with van der Waals surface area (Å²) in [5.74, 6) is 1.71. The van der Waals surface area contributed by atoms with E-state index in [0.29, 0.717) is 17.6 Å². The molecule has 0 bridgehead atoms. The van der Waals surface area contributed by atoms with Crippen molar-refractivity contribution in [2.45, 2.75) is 39.5 Å². The third kappa shape index (κ3) is 5.85. The van der Waals surface area contributed by atoms with Gasteiger partial charge in [-0.1, -0.05) is 94.4 Å². The zero-order valence-electron chi connectivity index (χ0n) is 20.7. The summed E-state index contributed by atoms with van der Waals surface area (Å²) in [7, 11) is 0.956. The Kier molecular flexibility index (Phi) is 7.77. The van der Waals surface area contributed by atoms with Crippen LogP contribution in [0.2, 0.25) is 0 Å². The van der Waals surface area contributed by atoms with E-state index in [9.17, 15) is 0 Å². The Hall–Kier alpha value is -2.91. The van der Waals surface area contributed by atoms with Crippen LogP contribution in [0.3, 0.4) is 0 Å². The average molecular weight is 482 g/mol. The van der Waals surface area contributed by atoms with Gasteiger partial charge in [0.2, 0.25) is 0 Å². The summed E-state index contributed by atoms with van der Waals surface area (Å²) in [6, 6.07) is 28.9. The molecule has 35 heavy (non-hydrogen) atoms. The van der Waals surface area contributed by atoms with E-state index in [1.165, 1.54) is 21.8 Å². The van der Waals surface area contributed by atoms with Gasteiger partial charge in [-0.15, -0.1) is 9.24 Å². The van der Waals surface area contributed by atoms with Crippen molar-refractivity contribution in [2.24, 2.45) is 0 Å². The minimum absolute atomic E-state index is 0.466. The lowest BCUT2D eigenvalue weighted by Crippen LogP contribution is -2.20. The molecule has 0 heterocycles. The second kappa shape index (κ2) is 10.8. The summed E-state index contributed by atoms with van der Waals surface area (Å²) in [5.41, 5.74) is 2.88. The molecule has 0 saturated carbocycles. The minimum atomic E-state index is -1.83. The standard InChI is InChI=1S/C18H13BO3.C12H19P/c20-19(21)22-17-7-3-6-12-8-9-15-10-13-4-1-2-5-14(13)11-16(15)18(12)17;1-8(2)10-5-11(9(3)4)7-12(13)6-10/h1-11,20-21H;5-9H,13H2,1-4H3. The van der Waals surface area contributed by atoms with Crippen molar-refractivity contribution in [2.75, 3.05) is 0 Å². The highest BCUT2D eigenvalue weighted by Crippen LogP contribution is 2.35. The van der Waals surface area contributed by atoms with Crippen LogP contribution in [0.25, 0.3) is 32.3 Å². The van der Waals surface area contributed by atoms with E-state index in [2.05, 4.69) is 85.5 Å². The van der Waals surface area contributed by atoms with Gasteiger partial charge in [-0.05, 0) is 73.4 Å². The van der Waals surface area contributed by atoms with Gasteiger partial charge in [-0.2, -0.15) is 0 Å². The SMILES string of the molecule is CC(C)c1cc(P)cc(C(C)C)c1.OB(O)Oc1cccc2ccc3cc4ccccc4cc3c12. The van der Waals surface area contributed by atoms with Crippen LogP contribution >= 0.6 is 9.24 Å². The smallest absolute Gasteiger partial charge is 0.511 e. The van der Waals surface area contributed by atoms with Gasteiger partial charge in [-0.25, -0.2) is 0 Å². The van der Waals surface area contributed by atoms with Gasteiger partial charge in [-0.3, -0.25) is 0 Å². The molecule has 5 aromatic carbocycles. The highest BCUT2D eigenvalue weighted by Gasteiger charge is 2.15. The molecule has 0 aliphatic carbocycles. The summed E-state index contributed by atoms with van der Waals surface area (Å²) in [4.78, 5) is 0. The Morgan fingerprint density at radius 1 is 0.657 bits per heavy atom. The summed E-state index contributed by atoms with van der Waals surface area (Å²) in [5, 5.41) is 25.9. The summed E-state index contributed by atoms with van der Waals surface area (Å²) in [6.07, 6.45) is 0.